The third-order valence-electron chi connectivity index (χ3n) is 3.41. The number of sulfonamides is 1. The van der Waals surface area contributed by atoms with E-state index in [4.69, 9.17) is 4.52 Å². The minimum Gasteiger partial charge on any atom is -0.455 e. The predicted molar refractivity (Wildman–Crippen MR) is 98.7 cm³/mol. The molecule has 29 heavy (non-hydrogen) atoms. The normalized spacial score (nSPS) is 11.0. The van der Waals surface area contributed by atoms with Crippen molar-refractivity contribution in [3.8, 4) is 0 Å². The number of carbonyl (C=O) groups excluding carboxylic acids is 2. The third kappa shape index (κ3) is 5.98. The van der Waals surface area contributed by atoms with Crippen molar-refractivity contribution in [3.05, 3.63) is 40.1 Å². The van der Waals surface area contributed by atoms with Crippen molar-refractivity contribution in [2.45, 2.75) is 11.8 Å². The summed E-state index contributed by atoms with van der Waals surface area (Å²) in [6.07, 6.45) is 0. The molecule has 1 aromatic heterocycles. The molecule has 156 valence electrons. The average molecular weight is 427 g/mol. The zero-order valence-electron chi connectivity index (χ0n) is 15.3. The second kappa shape index (κ2) is 9.11. The van der Waals surface area contributed by atoms with Gasteiger partial charge < -0.3 is 14.6 Å². The van der Waals surface area contributed by atoms with Crippen molar-refractivity contribution in [3.63, 3.8) is 0 Å². The molecular formula is C15H17N5O8S. The molecule has 1 amide bonds. The topological polar surface area (TPSA) is 183 Å². The first-order valence-electron chi connectivity index (χ1n) is 7.97. The monoisotopic (exact) mass is 427 g/mol. The molecule has 0 fully saturated rings. The number of anilines is 2. The Kier molecular flexibility index (Phi) is 6.84. The van der Waals surface area contributed by atoms with Gasteiger partial charge in [-0.3, -0.25) is 25.0 Å². The summed E-state index contributed by atoms with van der Waals surface area (Å²) in [6.45, 7) is 0.188. The molecule has 13 nitrogen and oxygen atoms in total. The number of carbonyl (C=O) groups is 2. The number of amides is 1. The summed E-state index contributed by atoms with van der Waals surface area (Å²) in [5.74, 6) is -1.68. The van der Waals surface area contributed by atoms with Gasteiger partial charge in [-0.15, -0.1) is 0 Å². The molecule has 0 aliphatic carbocycles. The van der Waals surface area contributed by atoms with Crippen LogP contribution in [-0.4, -0.2) is 50.6 Å². The highest BCUT2D eigenvalue weighted by atomic mass is 32.2. The fourth-order valence-electron chi connectivity index (χ4n) is 2.07. The number of hydrogen-bond donors (Lipinski definition) is 3. The predicted octanol–water partition coefficient (Wildman–Crippen LogP) is 0.393. The van der Waals surface area contributed by atoms with E-state index in [1.54, 1.807) is 6.92 Å². The number of aromatic nitrogens is 1. The van der Waals surface area contributed by atoms with Gasteiger partial charge in [0, 0.05) is 19.2 Å². The van der Waals surface area contributed by atoms with Gasteiger partial charge in [-0.1, -0.05) is 5.16 Å². The zero-order valence-corrected chi connectivity index (χ0v) is 16.1. The summed E-state index contributed by atoms with van der Waals surface area (Å²) in [5.41, 5.74) is 0.216. The first kappa shape index (κ1) is 21.8. The van der Waals surface area contributed by atoms with E-state index < -0.39 is 50.6 Å². The lowest BCUT2D eigenvalue weighted by atomic mass is 10.3. The summed E-state index contributed by atoms with van der Waals surface area (Å²) < 4.78 is 35.8. The standard InChI is InChI=1S/C15H17N5O8S/c1-9-5-14(28-19-9)18-13(21)8-27-15(22)7-17-29(25,26)10-3-4-11(16-2)12(6-10)20(23)24/h3-6,16-17H,7-8H2,1-2H3,(H,18,21). The molecule has 0 aliphatic heterocycles. The molecule has 14 heteroatoms. The van der Waals surface area contributed by atoms with Gasteiger partial charge in [0.05, 0.1) is 15.5 Å². The van der Waals surface area contributed by atoms with Gasteiger partial charge in [-0.2, -0.15) is 4.72 Å². The van der Waals surface area contributed by atoms with Crippen LogP contribution in [0.15, 0.2) is 33.7 Å². The van der Waals surface area contributed by atoms with Crippen LogP contribution in [0.1, 0.15) is 5.69 Å². The van der Waals surface area contributed by atoms with Crippen LogP contribution >= 0.6 is 0 Å². The van der Waals surface area contributed by atoms with Gasteiger partial charge in [0.1, 0.15) is 12.2 Å². The second-order valence-corrected chi connectivity index (χ2v) is 7.32. The molecule has 0 radical (unpaired) electrons. The van der Waals surface area contributed by atoms with Crippen molar-refractivity contribution in [1.29, 1.82) is 0 Å². The number of aryl methyl sites for hydroxylation is 1. The van der Waals surface area contributed by atoms with Crippen molar-refractivity contribution in [1.82, 2.24) is 9.88 Å². The minimum atomic E-state index is -4.23. The molecule has 1 heterocycles. The first-order valence-corrected chi connectivity index (χ1v) is 9.45. The molecule has 3 N–H and O–H groups in total. The Morgan fingerprint density at radius 3 is 2.62 bits per heavy atom. The molecule has 0 bridgehead atoms. The maximum Gasteiger partial charge on any atom is 0.321 e. The third-order valence-corrected chi connectivity index (χ3v) is 4.81. The van der Waals surface area contributed by atoms with Crippen LogP contribution in [0.5, 0.6) is 0 Å². The molecule has 2 aromatic rings. The van der Waals surface area contributed by atoms with Crippen LogP contribution in [0.2, 0.25) is 0 Å². The molecule has 0 spiro atoms. The zero-order chi connectivity index (χ0) is 21.6. The van der Waals surface area contributed by atoms with E-state index in [0.717, 1.165) is 12.1 Å². The van der Waals surface area contributed by atoms with E-state index in [9.17, 15) is 28.1 Å². The molecule has 1 aromatic carbocycles. The maximum absolute atomic E-state index is 12.2. The summed E-state index contributed by atoms with van der Waals surface area (Å²) in [4.78, 5) is 33.2. The highest BCUT2D eigenvalue weighted by Gasteiger charge is 2.22. The van der Waals surface area contributed by atoms with Gasteiger partial charge in [0.2, 0.25) is 15.9 Å². The number of esters is 1. The van der Waals surface area contributed by atoms with Crippen molar-refractivity contribution >= 4 is 39.2 Å². The van der Waals surface area contributed by atoms with Crippen molar-refractivity contribution in [2.75, 3.05) is 30.8 Å². The molecule has 0 atom stereocenters. The highest BCUT2D eigenvalue weighted by Crippen LogP contribution is 2.26. The van der Waals surface area contributed by atoms with Crippen LogP contribution in [0.3, 0.4) is 0 Å². The van der Waals surface area contributed by atoms with Crippen LogP contribution in [0.4, 0.5) is 17.3 Å². The Morgan fingerprint density at radius 2 is 2.03 bits per heavy atom. The lowest BCUT2D eigenvalue weighted by molar-refractivity contribution is -0.384. The Morgan fingerprint density at radius 1 is 1.31 bits per heavy atom. The molecule has 0 saturated carbocycles. The van der Waals surface area contributed by atoms with Crippen LogP contribution in [0.25, 0.3) is 0 Å². The lowest BCUT2D eigenvalue weighted by Crippen LogP contribution is -2.32. The maximum atomic E-state index is 12.2. The molecular weight excluding hydrogens is 410 g/mol. The summed E-state index contributed by atoms with van der Waals surface area (Å²) >= 11 is 0. The number of nitrogens with one attached hydrogen (secondary N) is 3. The molecule has 0 saturated heterocycles. The number of benzene rings is 1. The molecule has 2 rings (SSSR count). The number of nitro benzene ring substituents is 1. The van der Waals surface area contributed by atoms with Crippen LogP contribution < -0.4 is 15.4 Å². The van der Waals surface area contributed by atoms with E-state index in [1.807, 2.05) is 4.72 Å². The van der Waals surface area contributed by atoms with Gasteiger partial charge in [0.25, 0.3) is 11.6 Å². The number of nitrogens with zero attached hydrogens (tertiary/aromatic N) is 2. The Hall–Kier alpha value is -3.52. The lowest BCUT2D eigenvalue weighted by Gasteiger charge is -2.08. The second-order valence-electron chi connectivity index (χ2n) is 5.55. The highest BCUT2D eigenvalue weighted by molar-refractivity contribution is 7.89. The van der Waals surface area contributed by atoms with Gasteiger partial charge in [-0.25, -0.2) is 8.42 Å². The number of rotatable bonds is 9. The van der Waals surface area contributed by atoms with E-state index >= 15 is 0 Å². The van der Waals surface area contributed by atoms with E-state index in [-0.39, 0.29) is 11.6 Å². The van der Waals surface area contributed by atoms with Gasteiger partial charge in [-0.05, 0) is 19.1 Å². The first-order chi connectivity index (χ1) is 13.6. The van der Waals surface area contributed by atoms with Gasteiger partial charge >= 0.3 is 5.97 Å². The molecule has 0 unspecified atom stereocenters. The fourth-order valence-corrected chi connectivity index (χ4v) is 3.06. The van der Waals surface area contributed by atoms with E-state index in [0.29, 0.717) is 5.69 Å². The van der Waals surface area contributed by atoms with Crippen molar-refractivity contribution < 1.29 is 32.2 Å². The average Bonchev–Trinajstić information content (AvgIpc) is 3.08. The smallest absolute Gasteiger partial charge is 0.321 e. The number of ether oxygens (including phenoxy) is 1. The Balaban J connectivity index is 1.91. The summed E-state index contributed by atoms with van der Waals surface area (Å²) in [6, 6.07) is 4.67. The molecule has 0 aliphatic rings. The van der Waals surface area contributed by atoms with E-state index in [2.05, 4.69) is 20.5 Å². The number of nitro groups is 1. The van der Waals surface area contributed by atoms with Crippen LogP contribution in [-0.2, 0) is 24.3 Å². The Labute approximate surface area is 164 Å². The summed E-state index contributed by atoms with van der Waals surface area (Å²) in [5, 5.41) is 19.5. The number of hydrogen-bond acceptors (Lipinski definition) is 10. The quantitative estimate of drug-likeness (QED) is 0.287. The fraction of sp³-hybridized carbons (Fsp3) is 0.267. The summed E-state index contributed by atoms with van der Waals surface area (Å²) in [7, 11) is -2.78. The van der Waals surface area contributed by atoms with Crippen molar-refractivity contribution in [2.24, 2.45) is 0 Å². The Bertz CT molecular complexity index is 1030. The van der Waals surface area contributed by atoms with Gasteiger partial charge in [0.15, 0.2) is 6.61 Å². The largest absolute Gasteiger partial charge is 0.455 e. The SMILES string of the molecule is CNc1ccc(S(=O)(=O)NCC(=O)OCC(=O)Nc2cc(C)no2)cc1[N+](=O)[O-]. The minimum absolute atomic E-state index is 0.0656. The van der Waals surface area contributed by atoms with E-state index in [1.165, 1.54) is 19.2 Å². The van der Waals surface area contributed by atoms with Crippen LogP contribution in [0, 0.1) is 17.0 Å².